The Balaban J connectivity index is 2.31. The van der Waals surface area contributed by atoms with Crippen LogP contribution in [-0.4, -0.2) is 13.6 Å². The van der Waals surface area contributed by atoms with E-state index in [1.807, 2.05) is 0 Å². The first-order valence-electron chi connectivity index (χ1n) is 6.61. The molecule has 0 aliphatic heterocycles. The van der Waals surface area contributed by atoms with Gasteiger partial charge in [0.2, 0.25) is 0 Å². The average molecular weight is 231 g/mol. The normalized spacial score (nSPS) is 21.0. The largest absolute Gasteiger partial charge is 0.319 e. The van der Waals surface area contributed by atoms with Crippen LogP contribution in [0.3, 0.4) is 0 Å². The van der Waals surface area contributed by atoms with Crippen LogP contribution >= 0.6 is 0 Å². The van der Waals surface area contributed by atoms with Crippen molar-refractivity contribution < 1.29 is 0 Å². The van der Waals surface area contributed by atoms with E-state index >= 15 is 0 Å². The molecular formula is C16H25N. The molecule has 0 saturated heterocycles. The fourth-order valence-corrected chi connectivity index (χ4v) is 3.62. The van der Waals surface area contributed by atoms with Crippen molar-refractivity contribution >= 4 is 0 Å². The molecular weight excluding hydrogens is 206 g/mol. The summed E-state index contributed by atoms with van der Waals surface area (Å²) in [5.74, 6) is 0. The van der Waals surface area contributed by atoms with E-state index in [1.54, 1.807) is 0 Å². The Morgan fingerprint density at radius 2 is 1.76 bits per heavy atom. The van der Waals surface area contributed by atoms with Crippen LogP contribution in [0, 0.1) is 19.3 Å². The van der Waals surface area contributed by atoms with E-state index in [9.17, 15) is 0 Å². The van der Waals surface area contributed by atoms with E-state index in [0.29, 0.717) is 10.8 Å². The molecule has 1 heteroatoms. The van der Waals surface area contributed by atoms with Crippen molar-refractivity contribution in [3.63, 3.8) is 0 Å². The monoisotopic (exact) mass is 231 g/mol. The Morgan fingerprint density at radius 1 is 1.12 bits per heavy atom. The Kier molecular flexibility index (Phi) is 3.07. The van der Waals surface area contributed by atoms with E-state index in [2.05, 4.69) is 58.3 Å². The summed E-state index contributed by atoms with van der Waals surface area (Å²) >= 11 is 0. The van der Waals surface area contributed by atoms with E-state index in [-0.39, 0.29) is 0 Å². The Labute approximate surface area is 106 Å². The topological polar surface area (TPSA) is 12.0 Å². The van der Waals surface area contributed by atoms with Crippen LogP contribution in [0.4, 0.5) is 0 Å². The van der Waals surface area contributed by atoms with Gasteiger partial charge in [-0.2, -0.15) is 0 Å². The fraction of sp³-hybridized carbons (Fsp3) is 0.625. The van der Waals surface area contributed by atoms with Crippen LogP contribution in [0.2, 0.25) is 0 Å². The molecule has 1 aromatic rings. The summed E-state index contributed by atoms with van der Waals surface area (Å²) in [5.41, 5.74) is 5.22. The molecule has 0 spiro atoms. The first-order chi connectivity index (χ1) is 7.88. The van der Waals surface area contributed by atoms with Crippen LogP contribution in [-0.2, 0) is 5.41 Å². The number of aryl methyl sites for hydroxylation is 2. The van der Waals surface area contributed by atoms with Gasteiger partial charge in [0.15, 0.2) is 0 Å². The van der Waals surface area contributed by atoms with Gasteiger partial charge in [0.05, 0.1) is 0 Å². The lowest BCUT2D eigenvalue weighted by Crippen LogP contribution is -2.52. The molecule has 1 aliphatic rings. The van der Waals surface area contributed by atoms with Crippen LogP contribution in [0.5, 0.6) is 0 Å². The second-order valence-electron chi connectivity index (χ2n) is 6.63. The maximum absolute atomic E-state index is 3.38. The number of rotatable bonds is 3. The molecule has 0 unspecified atom stereocenters. The Morgan fingerprint density at radius 3 is 2.24 bits per heavy atom. The number of hydrogen-bond acceptors (Lipinski definition) is 1. The van der Waals surface area contributed by atoms with Gasteiger partial charge in [0.1, 0.15) is 0 Å². The number of hydrogen-bond donors (Lipinski definition) is 1. The van der Waals surface area contributed by atoms with Crippen molar-refractivity contribution in [3.8, 4) is 0 Å². The van der Waals surface area contributed by atoms with Crippen LogP contribution in [0.15, 0.2) is 18.2 Å². The highest BCUT2D eigenvalue weighted by Crippen LogP contribution is 2.55. The van der Waals surface area contributed by atoms with Gasteiger partial charge in [-0.05, 0) is 55.8 Å². The van der Waals surface area contributed by atoms with Gasteiger partial charge in [-0.3, -0.25) is 0 Å². The second kappa shape index (κ2) is 4.13. The van der Waals surface area contributed by atoms with Gasteiger partial charge in [0, 0.05) is 12.0 Å². The molecule has 2 rings (SSSR count). The number of likely N-dealkylation sites (N-methyl/N-ethyl adjacent to an activating group) is 1. The van der Waals surface area contributed by atoms with Crippen molar-refractivity contribution in [2.45, 2.75) is 46.0 Å². The molecule has 1 N–H and O–H groups in total. The minimum absolute atomic E-state index is 0.372. The summed E-state index contributed by atoms with van der Waals surface area (Å²) in [6.45, 7) is 10.3. The molecule has 17 heavy (non-hydrogen) atoms. The molecule has 0 bridgehead atoms. The molecule has 1 fully saturated rings. The molecule has 1 nitrogen and oxygen atoms in total. The number of benzene rings is 1. The summed E-state index contributed by atoms with van der Waals surface area (Å²) in [5, 5.41) is 3.38. The van der Waals surface area contributed by atoms with E-state index in [1.165, 1.54) is 29.5 Å². The maximum atomic E-state index is 3.38. The average Bonchev–Trinajstić information content (AvgIpc) is 2.19. The highest BCUT2D eigenvalue weighted by atomic mass is 14.8. The zero-order valence-corrected chi connectivity index (χ0v) is 11.9. The summed E-state index contributed by atoms with van der Waals surface area (Å²) < 4.78 is 0. The standard InChI is InChI=1S/C16H25N/c1-12-6-7-14(8-13(12)2)16(11-17-5)9-15(3,4)10-16/h6-8,17H,9-11H2,1-5H3. The molecule has 1 aliphatic carbocycles. The molecule has 0 aromatic heterocycles. The third-order valence-electron chi connectivity index (χ3n) is 4.27. The van der Waals surface area contributed by atoms with E-state index in [0.717, 1.165) is 6.54 Å². The lowest BCUT2D eigenvalue weighted by molar-refractivity contribution is 0.0578. The Hall–Kier alpha value is -0.820. The minimum Gasteiger partial charge on any atom is -0.319 e. The van der Waals surface area contributed by atoms with Gasteiger partial charge >= 0.3 is 0 Å². The van der Waals surface area contributed by atoms with Crippen LogP contribution < -0.4 is 5.32 Å². The minimum atomic E-state index is 0.372. The molecule has 1 saturated carbocycles. The van der Waals surface area contributed by atoms with Crippen molar-refractivity contribution in [3.05, 3.63) is 34.9 Å². The third-order valence-corrected chi connectivity index (χ3v) is 4.27. The zero-order valence-electron chi connectivity index (χ0n) is 11.9. The first kappa shape index (κ1) is 12.6. The SMILES string of the molecule is CNCC1(c2ccc(C)c(C)c2)CC(C)(C)C1. The van der Waals surface area contributed by atoms with Gasteiger partial charge in [-0.1, -0.05) is 32.0 Å². The lowest BCUT2D eigenvalue weighted by atomic mass is 9.52. The highest BCUT2D eigenvalue weighted by molar-refractivity contribution is 5.37. The second-order valence-corrected chi connectivity index (χ2v) is 6.63. The van der Waals surface area contributed by atoms with Crippen molar-refractivity contribution in [1.29, 1.82) is 0 Å². The van der Waals surface area contributed by atoms with Gasteiger partial charge in [-0.25, -0.2) is 0 Å². The first-order valence-corrected chi connectivity index (χ1v) is 6.61. The lowest BCUT2D eigenvalue weighted by Gasteiger charge is -2.54. The predicted molar refractivity (Wildman–Crippen MR) is 74.5 cm³/mol. The van der Waals surface area contributed by atoms with Crippen molar-refractivity contribution in [1.82, 2.24) is 5.32 Å². The fourth-order valence-electron chi connectivity index (χ4n) is 3.62. The summed E-state index contributed by atoms with van der Waals surface area (Å²) in [6, 6.07) is 6.99. The summed E-state index contributed by atoms with van der Waals surface area (Å²) in [7, 11) is 2.06. The van der Waals surface area contributed by atoms with Gasteiger partial charge < -0.3 is 5.32 Å². The molecule has 0 radical (unpaired) electrons. The van der Waals surface area contributed by atoms with E-state index in [4.69, 9.17) is 0 Å². The molecule has 94 valence electrons. The van der Waals surface area contributed by atoms with Crippen molar-refractivity contribution in [2.75, 3.05) is 13.6 Å². The van der Waals surface area contributed by atoms with Crippen LogP contribution in [0.25, 0.3) is 0 Å². The predicted octanol–water partition coefficient (Wildman–Crippen LogP) is 3.58. The van der Waals surface area contributed by atoms with Crippen molar-refractivity contribution in [2.24, 2.45) is 5.41 Å². The summed E-state index contributed by atoms with van der Waals surface area (Å²) in [4.78, 5) is 0. The van der Waals surface area contributed by atoms with E-state index < -0.39 is 0 Å². The molecule has 0 amide bonds. The van der Waals surface area contributed by atoms with Gasteiger partial charge in [-0.15, -0.1) is 0 Å². The zero-order chi connectivity index (χ0) is 12.7. The molecule has 1 aromatic carbocycles. The number of nitrogens with one attached hydrogen (secondary N) is 1. The summed E-state index contributed by atoms with van der Waals surface area (Å²) in [6.07, 6.45) is 2.59. The van der Waals surface area contributed by atoms with Crippen LogP contribution in [0.1, 0.15) is 43.4 Å². The van der Waals surface area contributed by atoms with Gasteiger partial charge in [0.25, 0.3) is 0 Å². The maximum Gasteiger partial charge on any atom is 0.00879 e. The quantitative estimate of drug-likeness (QED) is 0.838. The molecule has 0 heterocycles. The highest BCUT2D eigenvalue weighted by Gasteiger charge is 2.49. The third kappa shape index (κ3) is 2.26. The Bertz CT molecular complexity index is 410. The smallest absolute Gasteiger partial charge is 0.00879 e. The molecule has 0 atom stereocenters.